The normalized spacial score (nSPS) is 21.6. The molecule has 0 N–H and O–H groups in total. The van der Waals surface area contributed by atoms with Gasteiger partial charge in [0.05, 0.1) is 17.8 Å². The summed E-state index contributed by atoms with van der Waals surface area (Å²) in [5, 5.41) is 0. The van der Waals surface area contributed by atoms with E-state index in [0.717, 1.165) is 6.54 Å². The Hall–Kier alpha value is -1.35. The van der Waals surface area contributed by atoms with E-state index in [1.54, 1.807) is 0 Å². The van der Waals surface area contributed by atoms with Gasteiger partial charge in [-0.1, -0.05) is 19.4 Å². The van der Waals surface area contributed by atoms with Crippen molar-refractivity contribution >= 4 is 5.52 Å². The number of aryl methyl sites for hydroxylation is 1. The SMILES string of the molecule is CCN1CCCCC1c1ncc2c(C)cccn12. The van der Waals surface area contributed by atoms with Gasteiger partial charge in [-0.15, -0.1) is 0 Å². The second-order valence-electron chi connectivity index (χ2n) is 5.20. The molecular formula is C15H21N3. The third-order valence-corrected chi connectivity index (χ3v) is 4.13. The zero-order valence-electron chi connectivity index (χ0n) is 11.3. The van der Waals surface area contributed by atoms with Crippen LogP contribution in [0.3, 0.4) is 0 Å². The predicted molar refractivity (Wildman–Crippen MR) is 73.8 cm³/mol. The van der Waals surface area contributed by atoms with Gasteiger partial charge in [-0.2, -0.15) is 0 Å². The molecule has 0 saturated carbocycles. The van der Waals surface area contributed by atoms with Gasteiger partial charge >= 0.3 is 0 Å². The molecule has 1 aliphatic rings. The Morgan fingerprint density at radius 1 is 1.39 bits per heavy atom. The fourth-order valence-corrected chi connectivity index (χ4v) is 3.09. The first-order valence-corrected chi connectivity index (χ1v) is 6.98. The minimum absolute atomic E-state index is 0.494. The van der Waals surface area contributed by atoms with Gasteiger partial charge in [0.25, 0.3) is 0 Å². The summed E-state index contributed by atoms with van der Waals surface area (Å²) in [4.78, 5) is 7.26. The van der Waals surface area contributed by atoms with Gasteiger partial charge < -0.3 is 4.40 Å². The van der Waals surface area contributed by atoms with Gasteiger partial charge in [-0.25, -0.2) is 4.98 Å². The number of hydrogen-bond acceptors (Lipinski definition) is 2. The van der Waals surface area contributed by atoms with Gasteiger partial charge in [0, 0.05) is 6.20 Å². The van der Waals surface area contributed by atoms with Crippen LogP contribution in [0.2, 0.25) is 0 Å². The Labute approximate surface area is 108 Å². The van der Waals surface area contributed by atoms with E-state index in [-0.39, 0.29) is 0 Å². The first kappa shape index (κ1) is 11.7. The van der Waals surface area contributed by atoms with Crippen LogP contribution in [-0.4, -0.2) is 27.4 Å². The lowest BCUT2D eigenvalue weighted by molar-refractivity contribution is 0.149. The molecule has 0 radical (unpaired) electrons. The molecule has 1 unspecified atom stereocenters. The summed E-state index contributed by atoms with van der Waals surface area (Å²) in [7, 11) is 0. The minimum Gasteiger partial charge on any atom is -0.302 e. The zero-order chi connectivity index (χ0) is 12.5. The van der Waals surface area contributed by atoms with Crippen LogP contribution in [0.4, 0.5) is 0 Å². The second-order valence-corrected chi connectivity index (χ2v) is 5.20. The van der Waals surface area contributed by atoms with E-state index in [4.69, 9.17) is 4.98 Å². The molecule has 1 fully saturated rings. The highest BCUT2D eigenvalue weighted by molar-refractivity contribution is 5.53. The molecule has 0 spiro atoms. The molecule has 0 aromatic carbocycles. The summed E-state index contributed by atoms with van der Waals surface area (Å²) >= 11 is 0. The van der Waals surface area contributed by atoms with Crippen LogP contribution in [0, 0.1) is 6.92 Å². The van der Waals surface area contributed by atoms with E-state index in [1.165, 1.54) is 42.7 Å². The molecule has 1 saturated heterocycles. The largest absolute Gasteiger partial charge is 0.302 e. The van der Waals surface area contributed by atoms with Crippen molar-refractivity contribution in [1.82, 2.24) is 14.3 Å². The van der Waals surface area contributed by atoms with Crippen LogP contribution < -0.4 is 0 Å². The Balaban J connectivity index is 2.05. The molecule has 3 nitrogen and oxygen atoms in total. The lowest BCUT2D eigenvalue weighted by Crippen LogP contribution is -2.34. The molecule has 18 heavy (non-hydrogen) atoms. The molecule has 1 atom stereocenters. The number of aromatic nitrogens is 2. The molecule has 2 aromatic heterocycles. The van der Waals surface area contributed by atoms with Crippen LogP contribution >= 0.6 is 0 Å². The van der Waals surface area contributed by atoms with Crippen LogP contribution in [0.5, 0.6) is 0 Å². The number of piperidine rings is 1. The van der Waals surface area contributed by atoms with E-state index in [2.05, 4.69) is 41.5 Å². The lowest BCUT2D eigenvalue weighted by Gasteiger charge is -2.33. The van der Waals surface area contributed by atoms with E-state index in [1.807, 2.05) is 6.20 Å². The van der Waals surface area contributed by atoms with Crippen LogP contribution in [-0.2, 0) is 0 Å². The zero-order valence-corrected chi connectivity index (χ0v) is 11.3. The van der Waals surface area contributed by atoms with Gasteiger partial charge in [0.1, 0.15) is 5.82 Å². The lowest BCUT2D eigenvalue weighted by atomic mass is 10.0. The van der Waals surface area contributed by atoms with Crippen molar-refractivity contribution in [2.24, 2.45) is 0 Å². The number of imidazole rings is 1. The van der Waals surface area contributed by atoms with Crippen molar-refractivity contribution in [2.45, 2.75) is 39.2 Å². The first-order chi connectivity index (χ1) is 8.81. The fraction of sp³-hybridized carbons (Fsp3) is 0.533. The third-order valence-electron chi connectivity index (χ3n) is 4.13. The monoisotopic (exact) mass is 243 g/mol. The average molecular weight is 243 g/mol. The molecule has 0 amide bonds. The van der Waals surface area contributed by atoms with E-state index in [0.29, 0.717) is 6.04 Å². The summed E-state index contributed by atoms with van der Waals surface area (Å²) in [5.41, 5.74) is 2.55. The van der Waals surface area contributed by atoms with Gasteiger partial charge in [-0.3, -0.25) is 4.90 Å². The number of rotatable bonds is 2. The van der Waals surface area contributed by atoms with Gasteiger partial charge in [0.2, 0.25) is 0 Å². The topological polar surface area (TPSA) is 20.5 Å². The molecule has 96 valence electrons. The van der Waals surface area contributed by atoms with E-state index in [9.17, 15) is 0 Å². The van der Waals surface area contributed by atoms with Crippen molar-refractivity contribution < 1.29 is 0 Å². The van der Waals surface area contributed by atoms with Crippen molar-refractivity contribution in [3.8, 4) is 0 Å². The molecule has 0 aliphatic carbocycles. The predicted octanol–water partition coefficient (Wildman–Crippen LogP) is 3.19. The Morgan fingerprint density at radius 3 is 3.11 bits per heavy atom. The average Bonchev–Trinajstić information content (AvgIpc) is 2.84. The highest BCUT2D eigenvalue weighted by Gasteiger charge is 2.25. The highest BCUT2D eigenvalue weighted by Crippen LogP contribution is 2.30. The van der Waals surface area contributed by atoms with Crippen molar-refractivity contribution in [1.29, 1.82) is 0 Å². The summed E-state index contributed by atoms with van der Waals surface area (Å²) in [6.45, 7) is 6.73. The Morgan fingerprint density at radius 2 is 2.28 bits per heavy atom. The van der Waals surface area contributed by atoms with Gasteiger partial charge in [0.15, 0.2) is 0 Å². The standard InChI is InChI=1S/C15H21N3/c1-3-17-9-5-4-8-13(17)15-16-11-14-12(2)7-6-10-18(14)15/h6-7,10-11,13H,3-5,8-9H2,1-2H3. The van der Waals surface area contributed by atoms with Crippen molar-refractivity contribution in [3.63, 3.8) is 0 Å². The second kappa shape index (κ2) is 4.73. The highest BCUT2D eigenvalue weighted by atomic mass is 15.2. The van der Waals surface area contributed by atoms with Gasteiger partial charge in [-0.05, 0) is 44.5 Å². The quantitative estimate of drug-likeness (QED) is 0.807. The summed E-state index contributed by atoms with van der Waals surface area (Å²) in [6, 6.07) is 4.76. The molecule has 1 aliphatic heterocycles. The van der Waals surface area contributed by atoms with E-state index < -0.39 is 0 Å². The summed E-state index contributed by atoms with van der Waals surface area (Å²) in [5.74, 6) is 1.22. The Kier molecular flexibility index (Phi) is 3.08. The minimum atomic E-state index is 0.494. The van der Waals surface area contributed by atoms with Crippen LogP contribution in [0.15, 0.2) is 24.5 Å². The van der Waals surface area contributed by atoms with Crippen molar-refractivity contribution in [3.05, 3.63) is 35.9 Å². The summed E-state index contributed by atoms with van der Waals surface area (Å²) in [6.07, 6.45) is 8.05. The summed E-state index contributed by atoms with van der Waals surface area (Å²) < 4.78 is 2.27. The fourth-order valence-electron chi connectivity index (χ4n) is 3.09. The number of nitrogens with zero attached hydrogens (tertiary/aromatic N) is 3. The van der Waals surface area contributed by atoms with E-state index >= 15 is 0 Å². The van der Waals surface area contributed by atoms with Crippen LogP contribution in [0.25, 0.3) is 5.52 Å². The maximum absolute atomic E-state index is 4.70. The number of fused-ring (bicyclic) bond motifs is 1. The molecule has 3 heteroatoms. The molecule has 3 heterocycles. The van der Waals surface area contributed by atoms with Crippen LogP contribution in [0.1, 0.15) is 43.6 Å². The molecule has 3 rings (SSSR count). The number of pyridine rings is 1. The number of hydrogen-bond donors (Lipinski definition) is 0. The Bertz CT molecular complexity index is 544. The molecule has 2 aromatic rings. The molecular weight excluding hydrogens is 222 g/mol. The first-order valence-electron chi connectivity index (χ1n) is 6.98. The maximum atomic E-state index is 4.70. The maximum Gasteiger partial charge on any atom is 0.130 e. The van der Waals surface area contributed by atoms with Crippen molar-refractivity contribution in [2.75, 3.05) is 13.1 Å². The molecule has 0 bridgehead atoms. The third kappa shape index (κ3) is 1.83. The number of likely N-dealkylation sites (tertiary alicyclic amines) is 1. The smallest absolute Gasteiger partial charge is 0.130 e.